The van der Waals surface area contributed by atoms with E-state index in [1.807, 2.05) is 6.07 Å². The number of aromatic nitrogens is 4. The maximum absolute atomic E-state index is 12.9. The predicted octanol–water partition coefficient (Wildman–Crippen LogP) is 2.97. The molecule has 0 atom stereocenters. The molecule has 8 nitrogen and oxygen atoms in total. The number of alkyl halides is 3. The molecule has 3 aromatic rings. The van der Waals surface area contributed by atoms with E-state index >= 15 is 0 Å². The van der Waals surface area contributed by atoms with Crippen molar-refractivity contribution in [3.63, 3.8) is 0 Å². The van der Waals surface area contributed by atoms with E-state index in [-0.39, 0.29) is 36.5 Å². The molecule has 0 unspecified atom stereocenters. The summed E-state index contributed by atoms with van der Waals surface area (Å²) in [5, 5.41) is 9.14. The van der Waals surface area contributed by atoms with E-state index in [9.17, 15) is 22.8 Å². The first-order chi connectivity index (χ1) is 15.1. The molecule has 0 aliphatic heterocycles. The van der Waals surface area contributed by atoms with E-state index in [0.717, 1.165) is 22.9 Å². The van der Waals surface area contributed by atoms with E-state index in [1.165, 1.54) is 0 Å². The van der Waals surface area contributed by atoms with Crippen molar-refractivity contribution < 1.29 is 22.8 Å². The van der Waals surface area contributed by atoms with Crippen molar-refractivity contribution in [1.82, 2.24) is 24.9 Å². The highest BCUT2D eigenvalue weighted by Gasteiger charge is 2.37. The van der Waals surface area contributed by atoms with Gasteiger partial charge in [-0.2, -0.15) is 18.2 Å². The standard InChI is InChI=1S/C21H21F3N6O2/c1-11-16(12(2)30-20(26-11)28-19(29-30)21(22,23)24)9-17(31)25-10-13-4-3-5-15(8-13)27-18(32)14-6-7-14/h3-5,8,14H,6-7,9-10H2,1-2H3,(H,25,31)(H,27,32). The molecule has 2 heterocycles. The topological polar surface area (TPSA) is 101 Å². The van der Waals surface area contributed by atoms with Gasteiger partial charge in [-0.25, -0.2) is 9.50 Å². The van der Waals surface area contributed by atoms with Gasteiger partial charge in [-0.15, -0.1) is 5.10 Å². The molecular weight excluding hydrogens is 425 g/mol. The van der Waals surface area contributed by atoms with Gasteiger partial charge in [0.05, 0.1) is 6.42 Å². The quantitative estimate of drug-likeness (QED) is 0.606. The summed E-state index contributed by atoms with van der Waals surface area (Å²) in [6, 6.07) is 7.19. The van der Waals surface area contributed by atoms with Gasteiger partial charge in [0.1, 0.15) is 0 Å². The average molecular weight is 446 g/mol. The highest BCUT2D eigenvalue weighted by molar-refractivity contribution is 5.94. The number of fused-ring (bicyclic) bond motifs is 1. The van der Waals surface area contributed by atoms with Crippen LogP contribution in [0.25, 0.3) is 5.78 Å². The van der Waals surface area contributed by atoms with Gasteiger partial charge in [-0.05, 0) is 44.4 Å². The number of carbonyl (C=O) groups is 2. The molecule has 32 heavy (non-hydrogen) atoms. The lowest BCUT2D eigenvalue weighted by Crippen LogP contribution is -2.26. The Balaban J connectivity index is 1.43. The van der Waals surface area contributed by atoms with Crippen LogP contribution in [0.1, 0.15) is 41.2 Å². The lowest BCUT2D eigenvalue weighted by Gasteiger charge is -2.11. The Morgan fingerprint density at radius 3 is 2.62 bits per heavy atom. The van der Waals surface area contributed by atoms with Gasteiger partial charge in [0, 0.05) is 35.1 Å². The van der Waals surface area contributed by atoms with Crippen molar-refractivity contribution in [3.8, 4) is 0 Å². The van der Waals surface area contributed by atoms with E-state index in [0.29, 0.717) is 22.6 Å². The van der Waals surface area contributed by atoms with E-state index in [1.54, 1.807) is 32.0 Å². The Morgan fingerprint density at radius 1 is 1.19 bits per heavy atom. The molecule has 168 valence electrons. The lowest BCUT2D eigenvalue weighted by atomic mass is 10.1. The molecule has 2 amide bonds. The van der Waals surface area contributed by atoms with Gasteiger partial charge < -0.3 is 10.6 Å². The van der Waals surface area contributed by atoms with Crippen LogP contribution in [0.15, 0.2) is 24.3 Å². The Hall–Kier alpha value is -3.50. The zero-order chi connectivity index (χ0) is 23.0. The van der Waals surface area contributed by atoms with Crippen LogP contribution in [0.4, 0.5) is 18.9 Å². The maximum Gasteiger partial charge on any atom is 0.453 e. The minimum Gasteiger partial charge on any atom is -0.352 e. The molecule has 0 radical (unpaired) electrons. The molecule has 2 aromatic heterocycles. The average Bonchev–Trinajstić information content (AvgIpc) is 3.48. The summed E-state index contributed by atoms with van der Waals surface area (Å²) < 4.78 is 39.8. The van der Waals surface area contributed by atoms with Gasteiger partial charge in [0.15, 0.2) is 0 Å². The van der Waals surface area contributed by atoms with E-state index in [2.05, 4.69) is 25.7 Å². The largest absolute Gasteiger partial charge is 0.453 e. The number of hydrogen-bond donors (Lipinski definition) is 2. The van der Waals surface area contributed by atoms with Crippen LogP contribution in [0, 0.1) is 19.8 Å². The molecular formula is C21H21F3N6O2. The summed E-state index contributed by atoms with van der Waals surface area (Å²) in [6.45, 7) is 3.43. The number of anilines is 1. The van der Waals surface area contributed by atoms with Gasteiger partial charge >= 0.3 is 6.18 Å². The summed E-state index contributed by atoms with van der Waals surface area (Å²) in [5.41, 5.74) is 2.74. The molecule has 1 saturated carbocycles. The monoisotopic (exact) mass is 446 g/mol. The molecule has 0 spiro atoms. The van der Waals surface area contributed by atoms with Crippen molar-refractivity contribution >= 4 is 23.3 Å². The number of benzene rings is 1. The third-order valence-electron chi connectivity index (χ3n) is 5.27. The smallest absolute Gasteiger partial charge is 0.352 e. The SMILES string of the molecule is Cc1nc2nc(C(F)(F)F)nn2c(C)c1CC(=O)NCc1cccc(NC(=O)C2CC2)c1. The van der Waals surface area contributed by atoms with Crippen molar-refractivity contribution in [1.29, 1.82) is 0 Å². The molecule has 4 rings (SSSR count). The molecule has 1 aromatic carbocycles. The molecule has 1 aliphatic carbocycles. The third kappa shape index (κ3) is 4.71. The minimum absolute atomic E-state index is 0.00169. The van der Waals surface area contributed by atoms with Crippen LogP contribution in [-0.2, 0) is 28.7 Å². The fourth-order valence-corrected chi connectivity index (χ4v) is 3.36. The maximum atomic E-state index is 12.9. The zero-order valence-electron chi connectivity index (χ0n) is 17.5. The first-order valence-electron chi connectivity index (χ1n) is 10.1. The number of carbonyl (C=O) groups excluding carboxylic acids is 2. The first kappa shape index (κ1) is 21.7. The summed E-state index contributed by atoms with van der Waals surface area (Å²) in [4.78, 5) is 31.9. The summed E-state index contributed by atoms with van der Waals surface area (Å²) in [5.74, 6) is -1.67. The predicted molar refractivity (Wildman–Crippen MR) is 109 cm³/mol. The number of hydrogen-bond acceptors (Lipinski definition) is 5. The minimum atomic E-state index is -4.68. The Kier molecular flexibility index (Phi) is 5.57. The van der Waals surface area contributed by atoms with Crippen molar-refractivity contribution in [2.45, 2.75) is 45.8 Å². The molecule has 11 heteroatoms. The Bertz CT molecular complexity index is 1200. The number of halogens is 3. The van der Waals surface area contributed by atoms with Crippen LogP contribution in [-0.4, -0.2) is 31.4 Å². The zero-order valence-corrected chi connectivity index (χ0v) is 17.5. The normalized spacial score (nSPS) is 13.9. The van der Waals surface area contributed by atoms with Crippen LogP contribution in [0.5, 0.6) is 0 Å². The highest BCUT2D eigenvalue weighted by Crippen LogP contribution is 2.30. The van der Waals surface area contributed by atoms with Crippen LogP contribution in [0.3, 0.4) is 0 Å². The summed E-state index contributed by atoms with van der Waals surface area (Å²) >= 11 is 0. The van der Waals surface area contributed by atoms with Gasteiger partial charge in [0.2, 0.25) is 11.8 Å². The molecule has 1 fully saturated rings. The molecule has 2 N–H and O–H groups in total. The lowest BCUT2D eigenvalue weighted by molar-refractivity contribution is -0.144. The second kappa shape index (κ2) is 8.21. The van der Waals surface area contributed by atoms with Crippen molar-refractivity contribution in [2.24, 2.45) is 5.92 Å². The van der Waals surface area contributed by atoms with Crippen molar-refractivity contribution in [3.05, 3.63) is 52.6 Å². The second-order valence-corrected chi connectivity index (χ2v) is 7.82. The fraction of sp³-hybridized carbons (Fsp3) is 0.381. The third-order valence-corrected chi connectivity index (χ3v) is 5.27. The molecule has 1 aliphatic rings. The van der Waals surface area contributed by atoms with Crippen molar-refractivity contribution in [2.75, 3.05) is 5.32 Å². The van der Waals surface area contributed by atoms with Gasteiger partial charge in [0.25, 0.3) is 11.6 Å². The van der Waals surface area contributed by atoms with E-state index in [4.69, 9.17) is 0 Å². The first-order valence-corrected chi connectivity index (χ1v) is 10.1. The number of aryl methyl sites for hydroxylation is 2. The number of amides is 2. The fourth-order valence-electron chi connectivity index (χ4n) is 3.36. The van der Waals surface area contributed by atoms with Gasteiger partial charge in [-0.1, -0.05) is 12.1 Å². The molecule has 0 bridgehead atoms. The summed E-state index contributed by atoms with van der Waals surface area (Å²) in [7, 11) is 0. The van der Waals surface area contributed by atoms with Gasteiger partial charge in [-0.3, -0.25) is 9.59 Å². The Labute approximate surface area is 181 Å². The summed E-state index contributed by atoms with van der Waals surface area (Å²) in [6.07, 6.45) is -2.93. The highest BCUT2D eigenvalue weighted by atomic mass is 19.4. The second-order valence-electron chi connectivity index (χ2n) is 7.82. The van der Waals surface area contributed by atoms with Crippen LogP contribution < -0.4 is 10.6 Å². The van der Waals surface area contributed by atoms with Crippen LogP contribution in [0.2, 0.25) is 0 Å². The number of nitrogens with one attached hydrogen (secondary N) is 2. The molecule has 0 saturated heterocycles. The van der Waals surface area contributed by atoms with Crippen LogP contribution >= 0.6 is 0 Å². The van der Waals surface area contributed by atoms with E-state index < -0.39 is 12.0 Å². The Morgan fingerprint density at radius 2 is 1.94 bits per heavy atom. The number of rotatable bonds is 6. The number of nitrogens with zero attached hydrogens (tertiary/aromatic N) is 4.